The molecule has 1 aliphatic rings. The molecule has 1 saturated heterocycles. The zero-order chi connectivity index (χ0) is 12.4. The molecule has 0 amide bonds. The average Bonchev–Trinajstić information content (AvgIpc) is 2.78. The second-order valence-corrected chi connectivity index (χ2v) is 4.55. The minimum absolute atomic E-state index is 0.0365. The third-order valence-electron chi connectivity index (χ3n) is 3.16. The highest BCUT2D eigenvalue weighted by Gasteiger charge is 2.27. The Morgan fingerprint density at radius 1 is 1.53 bits per heavy atom. The lowest BCUT2D eigenvalue weighted by Gasteiger charge is -2.38. The van der Waals surface area contributed by atoms with Crippen molar-refractivity contribution < 1.29 is 13.9 Å². The Hall–Kier alpha value is -1.29. The van der Waals surface area contributed by atoms with E-state index in [4.69, 9.17) is 9.15 Å². The molecule has 0 spiro atoms. The fourth-order valence-electron chi connectivity index (χ4n) is 2.12. The lowest BCUT2D eigenvalue weighted by molar-refractivity contribution is 0.0281. The van der Waals surface area contributed by atoms with Crippen LogP contribution >= 0.6 is 0 Å². The van der Waals surface area contributed by atoms with Crippen LogP contribution in [0.3, 0.4) is 0 Å². The second-order valence-electron chi connectivity index (χ2n) is 4.55. The molecule has 2 atom stereocenters. The van der Waals surface area contributed by atoms with E-state index in [9.17, 15) is 4.79 Å². The minimum Gasteiger partial charge on any atom is -0.437 e. The van der Waals surface area contributed by atoms with Crippen molar-refractivity contribution in [3.05, 3.63) is 17.9 Å². The highest BCUT2D eigenvalue weighted by atomic mass is 16.5. The number of hydrogen-bond donors (Lipinski definition) is 0. The van der Waals surface area contributed by atoms with E-state index in [0.29, 0.717) is 18.4 Å². The predicted molar refractivity (Wildman–Crippen MR) is 65.6 cm³/mol. The summed E-state index contributed by atoms with van der Waals surface area (Å²) in [7, 11) is 0. The molecule has 0 N–H and O–H groups in total. The van der Waals surface area contributed by atoms with Gasteiger partial charge in [-0.3, -0.25) is 4.79 Å². The summed E-state index contributed by atoms with van der Waals surface area (Å²) in [6.45, 7) is 7.22. The van der Waals surface area contributed by atoms with E-state index in [0.717, 1.165) is 18.8 Å². The lowest BCUT2D eigenvalue weighted by atomic mass is 10.1. The number of morpholine rings is 1. The molecule has 4 nitrogen and oxygen atoms in total. The molecule has 94 valence electrons. The molecule has 2 heterocycles. The van der Waals surface area contributed by atoms with Crippen LogP contribution in [-0.2, 0) is 4.74 Å². The van der Waals surface area contributed by atoms with Gasteiger partial charge in [-0.15, -0.1) is 0 Å². The number of furan rings is 1. The quantitative estimate of drug-likeness (QED) is 0.757. The SMILES string of the molecule is CCC1COC(C)CN1c1ccc(C(C)=O)o1. The third kappa shape index (κ3) is 2.52. The Kier molecular flexibility index (Phi) is 3.52. The summed E-state index contributed by atoms with van der Waals surface area (Å²) < 4.78 is 11.2. The molecule has 17 heavy (non-hydrogen) atoms. The van der Waals surface area contributed by atoms with E-state index in [-0.39, 0.29) is 11.9 Å². The van der Waals surface area contributed by atoms with Gasteiger partial charge in [0.05, 0.1) is 18.8 Å². The number of ether oxygens (including phenoxy) is 1. The summed E-state index contributed by atoms with van der Waals surface area (Å²) in [5.41, 5.74) is 0. The van der Waals surface area contributed by atoms with Gasteiger partial charge in [-0.25, -0.2) is 0 Å². The molecule has 1 aliphatic heterocycles. The smallest absolute Gasteiger partial charge is 0.196 e. The summed E-state index contributed by atoms with van der Waals surface area (Å²) in [6, 6.07) is 3.94. The van der Waals surface area contributed by atoms with Crippen LogP contribution < -0.4 is 4.90 Å². The van der Waals surface area contributed by atoms with Gasteiger partial charge in [-0.2, -0.15) is 0 Å². The molecule has 0 aliphatic carbocycles. The van der Waals surface area contributed by atoms with Gasteiger partial charge in [0.15, 0.2) is 17.4 Å². The summed E-state index contributed by atoms with van der Waals surface area (Å²) in [5, 5.41) is 0. The Bertz CT molecular complexity index is 399. The van der Waals surface area contributed by atoms with Crippen LogP contribution in [0.5, 0.6) is 0 Å². The van der Waals surface area contributed by atoms with Crippen molar-refractivity contribution in [1.29, 1.82) is 0 Å². The number of nitrogens with zero attached hydrogens (tertiary/aromatic N) is 1. The summed E-state index contributed by atoms with van der Waals surface area (Å²) >= 11 is 0. The second kappa shape index (κ2) is 4.92. The molecule has 2 unspecified atom stereocenters. The molecule has 0 aromatic carbocycles. The van der Waals surface area contributed by atoms with Crippen LogP contribution in [0.1, 0.15) is 37.7 Å². The van der Waals surface area contributed by atoms with Gasteiger partial charge >= 0.3 is 0 Å². The topological polar surface area (TPSA) is 42.7 Å². The fourth-order valence-corrected chi connectivity index (χ4v) is 2.12. The number of ketones is 1. The zero-order valence-electron chi connectivity index (χ0n) is 10.6. The number of Topliss-reactive ketones (excluding diaryl/α,β-unsaturated/α-hetero) is 1. The maximum absolute atomic E-state index is 11.2. The average molecular weight is 237 g/mol. The Balaban J connectivity index is 2.19. The minimum atomic E-state index is -0.0365. The monoisotopic (exact) mass is 237 g/mol. The standard InChI is InChI=1S/C13H19NO3/c1-4-11-8-16-9(2)7-14(11)13-6-5-12(17-13)10(3)15/h5-6,9,11H,4,7-8H2,1-3H3. The van der Waals surface area contributed by atoms with E-state index in [1.54, 1.807) is 6.07 Å². The van der Waals surface area contributed by atoms with Crippen molar-refractivity contribution >= 4 is 11.7 Å². The van der Waals surface area contributed by atoms with E-state index in [1.165, 1.54) is 6.92 Å². The molecule has 0 radical (unpaired) electrons. The zero-order valence-corrected chi connectivity index (χ0v) is 10.6. The molecule has 1 aromatic heterocycles. The first-order chi connectivity index (χ1) is 8.11. The Labute approximate surface area is 102 Å². The van der Waals surface area contributed by atoms with Crippen molar-refractivity contribution in [3.8, 4) is 0 Å². The van der Waals surface area contributed by atoms with Gasteiger partial charge in [0, 0.05) is 19.5 Å². The fraction of sp³-hybridized carbons (Fsp3) is 0.615. The first-order valence-electron chi connectivity index (χ1n) is 6.10. The van der Waals surface area contributed by atoms with Gasteiger partial charge in [-0.05, 0) is 19.4 Å². The van der Waals surface area contributed by atoms with Crippen molar-refractivity contribution in [1.82, 2.24) is 0 Å². The molecular weight excluding hydrogens is 218 g/mol. The number of carbonyl (C=O) groups excluding carboxylic acids is 1. The molecule has 4 heteroatoms. The van der Waals surface area contributed by atoms with E-state index >= 15 is 0 Å². The predicted octanol–water partition coefficient (Wildman–Crippen LogP) is 2.49. The molecule has 2 rings (SSSR count). The highest BCUT2D eigenvalue weighted by molar-refractivity contribution is 5.91. The van der Waals surface area contributed by atoms with E-state index < -0.39 is 0 Å². The number of carbonyl (C=O) groups is 1. The van der Waals surface area contributed by atoms with Crippen molar-refractivity contribution in [2.45, 2.75) is 39.3 Å². The summed E-state index contributed by atoms with van der Waals surface area (Å²) in [6.07, 6.45) is 1.20. The molecule has 0 saturated carbocycles. The maximum atomic E-state index is 11.2. The van der Waals surface area contributed by atoms with Crippen LogP contribution in [0.4, 0.5) is 5.88 Å². The summed E-state index contributed by atoms with van der Waals surface area (Å²) in [4.78, 5) is 13.4. The van der Waals surface area contributed by atoms with Gasteiger partial charge in [-0.1, -0.05) is 6.92 Å². The summed E-state index contributed by atoms with van der Waals surface area (Å²) in [5.74, 6) is 1.16. The van der Waals surface area contributed by atoms with Gasteiger partial charge in [0.2, 0.25) is 0 Å². The molecule has 1 fully saturated rings. The lowest BCUT2D eigenvalue weighted by Crippen LogP contribution is -2.48. The van der Waals surface area contributed by atoms with Gasteiger partial charge in [0.25, 0.3) is 0 Å². The van der Waals surface area contributed by atoms with Crippen LogP contribution in [0.2, 0.25) is 0 Å². The van der Waals surface area contributed by atoms with Crippen molar-refractivity contribution in [2.75, 3.05) is 18.1 Å². The first-order valence-corrected chi connectivity index (χ1v) is 6.10. The van der Waals surface area contributed by atoms with Crippen molar-refractivity contribution in [3.63, 3.8) is 0 Å². The van der Waals surface area contributed by atoms with E-state index in [1.807, 2.05) is 13.0 Å². The van der Waals surface area contributed by atoms with Crippen LogP contribution in [0.15, 0.2) is 16.5 Å². The van der Waals surface area contributed by atoms with Crippen LogP contribution in [0, 0.1) is 0 Å². The molecule has 1 aromatic rings. The van der Waals surface area contributed by atoms with Gasteiger partial charge in [0.1, 0.15) is 0 Å². The van der Waals surface area contributed by atoms with Gasteiger partial charge < -0.3 is 14.1 Å². The maximum Gasteiger partial charge on any atom is 0.196 e. The largest absolute Gasteiger partial charge is 0.437 e. The van der Waals surface area contributed by atoms with E-state index in [2.05, 4.69) is 11.8 Å². The van der Waals surface area contributed by atoms with Crippen LogP contribution in [-0.4, -0.2) is 31.1 Å². The van der Waals surface area contributed by atoms with Crippen molar-refractivity contribution in [2.24, 2.45) is 0 Å². The highest BCUT2D eigenvalue weighted by Crippen LogP contribution is 2.25. The number of anilines is 1. The Morgan fingerprint density at radius 2 is 2.29 bits per heavy atom. The number of rotatable bonds is 3. The van der Waals surface area contributed by atoms with Crippen LogP contribution in [0.25, 0.3) is 0 Å². The first kappa shape index (κ1) is 12.2. The number of hydrogen-bond acceptors (Lipinski definition) is 4. The molecule has 0 bridgehead atoms. The Morgan fingerprint density at radius 3 is 2.88 bits per heavy atom. The third-order valence-corrected chi connectivity index (χ3v) is 3.16. The normalized spacial score (nSPS) is 25.0. The molecular formula is C13H19NO3.